The third-order valence-electron chi connectivity index (χ3n) is 3.30. The summed E-state index contributed by atoms with van der Waals surface area (Å²) in [5, 5.41) is 1.20. The van der Waals surface area contributed by atoms with Gasteiger partial charge in [-0.25, -0.2) is 4.98 Å². The van der Waals surface area contributed by atoms with Crippen molar-refractivity contribution in [1.82, 2.24) is 4.98 Å². The van der Waals surface area contributed by atoms with Crippen molar-refractivity contribution in [3.05, 3.63) is 46.0 Å². The summed E-state index contributed by atoms with van der Waals surface area (Å²) in [6.07, 6.45) is 12.1. The lowest BCUT2D eigenvalue weighted by Gasteiger charge is -2.13. The Morgan fingerprint density at radius 3 is 2.53 bits per heavy atom. The summed E-state index contributed by atoms with van der Waals surface area (Å²) >= 11 is 1.81. The van der Waals surface area contributed by atoms with Gasteiger partial charge in [0.1, 0.15) is 0 Å². The van der Waals surface area contributed by atoms with Crippen LogP contribution in [-0.4, -0.2) is 4.98 Å². The summed E-state index contributed by atoms with van der Waals surface area (Å²) in [4.78, 5) is 5.84. The Morgan fingerprint density at radius 1 is 1.21 bits per heavy atom. The number of hydrogen-bond donors (Lipinski definition) is 0. The first-order chi connectivity index (χ1) is 8.88. The largest absolute Gasteiger partial charge is 0.248 e. The Kier molecular flexibility index (Phi) is 4.10. The lowest BCUT2D eigenvalue weighted by atomic mass is 9.98. The topological polar surface area (TPSA) is 12.9 Å². The predicted molar refractivity (Wildman–Crippen MR) is 85.5 cm³/mol. The number of thiazole rings is 1. The van der Waals surface area contributed by atoms with Crippen molar-refractivity contribution >= 4 is 16.9 Å². The third kappa shape index (κ3) is 3.44. The SMILES string of the molecule is CC(C)C1=CC=C(c2cnc(C(C)(C)C)s2)C=CC1. The van der Waals surface area contributed by atoms with E-state index < -0.39 is 0 Å². The number of aromatic nitrogens is 1. The zero-order valence-corrected chi connectivity index (χ0v) is 13.3. The summed E-state index contributed by atoms with van der Waals surface area (Å²) < 4.78 is 0. The zero-order chi connectivity index (χ0) is 14.0. The molecule has 0 radical (unpaired) electrons. The molecule has 0 unspecified atom stereocenters. The summed E-state index contributed by atoms with van der Waals surface area (Å²) in [5.41, 5.74) is 2.91. The molecule has 1 nitrogen and oxygen atoms in total. The molecule has 0 aliphatic heterocycles. The van der Waals surface area contributed by atoms with Gasteiger partial charge in [0.25, 0.3) is 0 Å². The molecule has 19 heavy (non-hydrogen) atoms. The van der Waals surface area contributed by atoms with E-state index in [1.807, 2.05) is 6.20 Å². The molecular formula is C17H23NS. The highest BCUT2D eigenvalue weighted by molar-refractivity contribution is 7.13. The van der Waals surface area contributed by atoms with Gasteiger partial charge < -0.3 is 0 Å². The Bertz CT molecular complexity index is 536. The fraction of sp³-hybridized carbons (Fsp3) is 0.471. The van der Waals surface area contributed by atoms with E-state index in [0.29, 0.717) is 5.92 Å². The van der Waals surface area contributed by atoms with Gasteiger partial charge in [-0.05, 0) is 17.9 Å². The van der Waals surface area contributed by atoms with E-state index in [4.69, 9.17) is 0 Å². The summed E-state index contributed by atoms with van der Waals surface area (Å²) in [5.74, 6) is 0.617. The smallest absolute Gasteiger partial charge is 0.0984 e. The highest BCUT2D eigenvalue weighted by atomic mass is 32.1. The van der Waals surface area contributed by atoms with Crippen LogP contribution in [0.25, 0.3) is 5.57 Å². The van der Waals surface area contributed by atoms with E-state index >= 15 is 0 Å². The molecule has 102 valence electrons. The van der Waals surface area contributed by atoms with Crippen LogP contribution in [0.15, 0.2) is 36.1 Å². The number of rotatable bonds is 2. The van der Waals surface area contributed by atoms with Crippen molar-refractivity contribution < 1.29 is 0 Å². The molecular weight excluding hydrogens is 250 g/mol. The standard InChI is InChI=1S/C17H23NS/c1-12(2)13-7-6-8-14(10-9-13)15-11-18-16(19-15)17(3,4)5/h6,8-12H,7H2,1-5H3. The molecule has 2 heteroatoms. The Hall–Kier alpha value is -1.15. The van der Waals surface area contributed by atoms with E-state index in [1.165, 1.54) is 21.0 Å². The molecule has 0 atom stereocenters. The molecule has 0 spiro atoms. The van der Waals surface area contributed by atoms with Gasteiger partial charge in [0.15, 0.2) is 0 Å². The van der Waals surface area contributed by atoms with E-state index in [1.54, 1.807) is 11.3 Å². The first kappa shape index (κ1) is 14.3. The van der Waals surface area contributed by atoms with Crippen LogP contribution in [-0.2, 0) is 5.41 Å². The van der Waals surface area contributed by atoms with Crippen LogP contribution in [0.5, 0.6) is 0 Å². The van der Waals surface area contributed by atoms with Crippen LogP contribution in [0.3, 0.4) is 0 Å². The second kappa shape index (κ2) is 5.46. The lowest BCUT2D eigenvalue weighted by Crippen LogP contribution is -2.09. The molecule has 0 saturated carbocycles. The summed E-state index contributed by atoms with van der Waals surface area (Å²) in [6.45, 7) is 11.1. The molecule has 0 bridgehead atoms. The predicted octanol–water partition coefficient (Wildman–Crippen LogP) is 5.37. The van der Waals surface area contributed by atoms with Crippen molar-refractivity contribution in [3.63, 3.8) is 0 Å². The van der Waals surface area contributed by atoms with Gasteiger partial charge in [-0.2, -0.15) is 0 Å². The minimum atomic E-state index is 0.136. The van der Waals surface area contributed by atoms with Crippen molar-refractivity contribution in [1.29, 1.82) is 0 Å². The van der Waals surface area contributed by atoms with Gasteiger partial charge in [0, 0.05) is 11.6 Å². The maximum absolute atomic E-state index is 4.57. The van der Waals surface area contributed by atoms with Crippen molar-refractivity contribution in [3.8, 4) is 0 Å². The van der Waals surface area contributed by atoms with Crippen LogP contribution < -0.4 is 0 Å². The minimum Gasteiger partial charge on any atom is -0.248 e. The van der Waals surface area contributed by atoms with E-state index in [0.717, 1.165) is 6.42 Å². The fourth-order valence-corrected chi connectivity index (χ4v) is 2.97. The average molecular weight is 273 g/mol. The van der Waals surface area contributed by atoms with Crippen LogP contribution in [0.1, 0.15) is 50.9 Å². The Balaban J connectivity index is 2.30. The minimum absolute atomic E-state index is 0.136. The molecule has 2 rings (SSSR count). The molecule has 0 aromatic carbocycles. The summed E-state index contributed by atoms with van der Waals surface area (Å²) in [6, 6.07) is 0. The molecule has 1 aromatic rings. The number of allylic oxidation sites excluding steroid dienone is 6. The number of hydrogen-bond acceptors (Lipinski definition) is 2. The number of nitrogens with zero attached hydrogens (tertiary/aromatic N) is 1. The molecule has 0 saturated heterocycles. The quantitative estimate of drug-likeness (QED) is 0.706. The van der Waals surface area contributed by atoms with Crippen LogP contribution in [0.4, 0.5) is 0 Å². The fourth-order valence-electron chi connectivity index (χ4n) is 1.99. The first-order valence-electron chi connectivity index (χ1n) is 6.92. The Morgan fingerprint density at radius 2 is 1.95 bits per heavy atom. The molecule has 1 aliphatic rings. The van der Waals surface area contributed by atoms with Crippen LogP contribution >= 0.6 is 11.3 Å². The lowest BCUT2D eigenvalue weighted by molar-refractivity contribution is 0.585. The van der Waals surface area contributed by atoms with E-state index in [-0.39, 0.29) is 5.41 Å². The zero-order valence-electron chi connectivity index (χ0n) is 12.5. The van der Waals surface area contributed by atoms with Crippen molar-refractivity contribution in [2.24, 2.45) is 5.92 Å². The van der Waals surface area contributed by atoms with Gasteiger partial charge in [-0.15, -0.1) is 11.3 Å². The van der Waals surface area contributed by atoms with Crippen molar-refractivity contribution in [2.75, 3.05) is 0 Å². The second-order valence-corrected chi connectivity index (χ2v) is 7.44. The Labute approximate surface area is 120 Å². The highest BCUT2D eigenvalue weighted by Crippen LogP contribution is 2.32. The molecule has 1 heterocycles. The highest BCUT2D eigenvalue weighted by Gasteiger charge is 2.18. The summed E-state index contributed by atoms with van der Waals surface area (Å²) in [7, 11) is 0. The molecule has 0 N–H and O–H groups in total. The molecule has 0 fully saturated rings. The first-order valence-corrected chi connectivity index (χ1v) is 7.73. The van der Waals surface area contributed by atoms with Crippen LogP contribution in [0, 0.1) is 5.92 Å². The molecule has 1 aromatic heterocycles. The van der Waals surface area contributed by atoms with E-state index in [9.17, 15) is 0 Å². The molecule has 1 aliphatic carbocycles. The average Bonchev–Trinajstić information content (AvgIpc) is 2.67. The second-order valence-electron chi connectivity index (χ2n) is 6.40. The molecule has 0 amide bonds. The van der Waals surface area contributed by atoms with Gasteiger partial charge in [0.05, 0.1) is 9.88 Å². The third-order valence-corrected chi connectivity index (χ3v) is 4.77. The monoisotopic (exact) mass is 273 g/mol. The van der Waals surface area contributed by atoms with Crippen molar-refractivity contribution in [2.45, 2.75) is 46.5 Å². The van der Waals surface area contributed by atoms with E-state index in [2.05, 4.69) is 63.9 Å². The van der Waals surface area contributed by atoms with Gasteiger partial charge in [-0.3, -0.25) is 0 Å². The maximum atomic E-state index is 4.57. The van der Waals surface area contributed by atoms with Gasteiger partial charge in [0.2, 0.25) is 0 Å². The van der Waals surface area contributed by atoms with Gasteiger partial charge >= 0.3 is 0 Å². The van der Waals surface area contributed by atoms with Gasteiger partial charge in [-0.1, -0.05) is 64.5 Å². The normalized spacial score (nSPS) is 16.3. The maximum Gasteiger partial charge on any atom is 0.0984 e. The van der Waals surface area contributed by atoms with Crippen LogP contribution in [0.2, 0.25) is 0 Å².